The summed E-state index contributed by atoms with van der Waals surface area (Å²) < 4.78 is 16.8. The van der Waals surface area contributed by atoms with E-state index in [-0.39, 0.29) is 13.0 Å². The first-order chi connectivity index (χ1) is 8.63. The molecular formula is C14H19FO3. The van der Waals surface area contributed by atoms with Crippen LogP contribution in [0.4, 0.5) is 4.39 Å². The highest BCUT2D eigenvalue weighted by molar-refractivity contribution is 5.66. The molecule has 0 unspecified atom stereocenters. The van der Waals surface area contributed by atoms with Gasteiger partial charge in [0.1, 0.15) is 19.0 Å². The van der Waals surface area contributed by atoms with E-state index in [0.717, 1.165) is 5.56 Å². The maximum atomic E-state index is 11.7. The molecule has 0 heterocycles. The van der Waals surface area contributed by atoms with Crippen LogP contribution in [0.3, 0.4) is 0 Å². The first-order valence-corrected chi connectivity index (χ1v) is 5.77. The van der Waals surface area contributed by atoms with Gasteiger partial charge in [-0.1, -0.05) is 31.2 Å². The summed E-state index contributed by atoms with van der Waals surface area (Å²) in [6, 6.07) is 7.55. The molecule has 0 amide bonds. The largest absolute Gasteiger partial charge is 0.491 e. The second-order valence-electron chi connectivity index (χ2n) is 3.35. The van der Waals surface area contributed by atoms with Crippen LogP contribution in [0.15, 0.2) is 30.3 Å². The molecule has 1 aromatic carbocycles. The Morgan fingerprint density at radius 2 is 1.94 bits per heavy atom. The van der Waals surface area contributed by atoms with E-state index in [2.05, 4.69) is 0 Å². The Kier molecular flexibility index (Phi) is 9.27. The summed E-state index contributed by atoms with van der Waals surface area (Å²) >= 11 is 0. The first kappa shape index (κ1) is 16.2. The molecule has 0 bridgehead atoms. The van der Waals surface area contributed by atoms with Crippen molar-refractivity contribution in [3.8, 4) is 5.75 Å². The highest BCUT2D eigenvalue weighted by Crippen LogP contribution is 2.12. The van der Waals surface area contributed by atoms with Crippen LogP contribution in [0.5, 0.6) is 5.75 Å². The van der Waals surface area contributed by atoms with Gasteiger partial charge in [0.2, 0.25) is 0 Å². The quantitative estimate of drug-likeness (QED) is 0.874. The number of carboxylic acids is 1. The van der Waals surface area contributed by atoms with Crippen LogP contribution in [0.25, 0.3) is 6.08 Å². The molecule has 0 radical (unpaired) electrons. The lowest BCUT2D eigenvalue weighted by Gasteiger charge is -2.02. The van der Waals surface area contributed by atoms with Gasteiger partial charge in [-0.05, 0) is 24.6 Å². The molecule has 0 saturated carbocycles. The number of allylic oxidation sites excluding steroid dienone is 1. The van der Waals surface area contributed by atoms with Gasteiger partial charge in [-0.3, -0.25) is 4.79 Å². The number of rotatable bonds is 5. The van der Waals surface area contributed by atoms with Gasteiger partial charge < -0.3 is 9.84 Å². The maximum Gasteiger partial charge on any atom is 0.303 e. The third-order valence-electron chi connectivity index (χ3n) is 1.89. The van der Waals surface area contributed by atoms with Crippen molar-refractivity contribution >= 4 is 12.0 Å². The van der Waals surface area contributed by atoms with Crippen LogP contribution in [-0.2, 0) is 4.79 Å². The molecule has 4 heteroatoms. The summed E-state index contributed by atoms with van der Waals surface area (Å²) in [6.07, 6.45) is 4.19. The fourth-order valence-corrected chi connectivity index (χ4v) is 1.02. The van der Waals surface area contributed by atoms with Crippen molar-refractivity contribution in [3.05, 3.63) is 35.9 Å². The molecule has 1 aromatic rings. The van der Waals surface area contributed by atoms with Crippen molar-refractivity contribution in [1.82, 2.24) is 0 Å². The number of alkyl halides is 1. The molecule has 0 atom stereocenters. The number of carbonyl (C=O) groups is 1. The lowest BCUT2D eigenvalue weighted by Crippen LogP contribution is -1.97. The molecule has 18 heavy (non-hydrogen) atoms. The van der Waals surface area contributed by atoms with E-state index in [1.807, 2.05) is 43.3 Å². The van der Waals surface area contributed by atoms with Gasteiger partial charge in [0.15, 0.2) is 0 Å². The number of carboxylic acid groups (broad SMARTS) is 1. The zero-order valence-electron chi connectivity index (χ0n) is 10.7. The number of aliphatic carboxylic acids is 1. The van der Waals surface area contributed by atoms with Gasteiger partial charge >= 0.3 is 5.97 Å². The Balaban J connectivity index is 0.000000494. The van der Waals surface area contributed by atoms with Crippen molar-refractivity contribution in [2.45, 2.75) is 20.3 Å². The highest BCUT2D eigenvalue weighted by Gasteiger charge is 1.92. The third-order valence-corrected chi connectivity index (χ3v) is 1.89. The normalized spacial score (nSPS) is 9.72. The number of benzene rings is 1. The standard InChI is InChI=1S/C11H13FO.C3H6O2/c1-2-3-10-4-6-11(7-5-10)13-9-8-12;1-2-3(4)5/h2-7H,8-9H2,1H3;2H2,1H3,(H,4,5)/b3-2+;. The van der Waals surface area contributed by atoms with Crippen molar-refractivity contribution in [2.24, 2.45) is 0 Å². The summed E-state index contributed by atoms with van der Waals surface area (Å²) in [6.45, 7) is 3.25. The smallest absolute Gasteiger partial charge is 0.303 e. The predicted molar refractivity (Wildman–Crippen MR) is 70.5 cm³/mol. The Morgan fingerprint density at radius 1 is 1.39 bits per heavy atom. The van der Waals surface area contributed by atoms with Gasteiger partial charge in [0, 0.05) is 6.42 Å². The maximum absolute atomic E-state index is 11.7. The summed E-state index contributed by atoms with van der Waals surface area (Å²) in [7, 11) is 0. The Morgan fingerprint density at radius 3 is 2.33 bits per heavy atom. The molecule has 0 saturated heterocycles. The zero-order valence-corrected chi connectivity index (χ0v) is 10.7. The van der Waals surface area contributed by atoms with Gasteiger partial charge in [-0.2, -0.15) is 0 Å². The summed E-state index contributed by atoms with van der Waals surface area (Å²) in [5.74, 6) is -0.0316. The number of hydrogen-bond donors (Lipinski definition) is 1. The lowest BCUT2D eigenvalue weighted by molar-refractivity contribution is -0.136. The molecule has 0 fully saturated rings. The first-order valence-electron chi connectivity index (χ1n) is 5.77. The van der Waals surface area contributed by atoms with Crippen LogP contribution in [0, 0.1) is 0 Å². The second kappa shape index (κ2) is 10.3. The van der Waals surface area contributed by atoms with Crippen molar-refractivity contribution < 1.29 is 19.0 Å². The molecule has 0 spiro atoms. The third kappa shape index (κ3) is 8.33. The minimum Gasteiger partial charge on any atom is -0.491 e. The van der Waals surface area contributed by atoms with Gasteiger partial charge in [0.25, 0.3) is 0 Å². The number of hydrogen-bond acceptors (Lipinski definition) is 2. The summed E-state index contributed by atoms with van der Waals surface area (Å²) in [5.41, 5.74) is 1.12. The molecule has 0 aliphatic rings. The Bertz CT molecular complexity index is 358. The Hall–Kier alpha value is -1.84. The summed E-state index contributed by atoms with van der Waals surface area (Å²) in [4.78, 5) is 9.37. The topological polar surface area (TPSA) is 46.5 Å². The average Bonchev–Trinajstić information content (AvgIpc) is 2.39. The predicted octanol–water partition coefficient (Wildman–Crippen LogP) is 3.55. The molecule has 0 aromatic heterocycles. The molecule has 3 nitrogen and oxygen atoms in total. The molecule has 1 N–H and O–H groups in total. The van der Waals surface area contributed by atoms with Crippen molar-refractivity contribution in [1.29, 1.82) is 0 Å². The van der Waals surface area contributed by atoms with Crippen LogP contribution < -0.4 is 4.74 Å². The van der Waals surface area contributed by atoms with Crippen LogP contribution in [0.1, 0.15) is 25.8 Å². The number of halogens is 1. The minimum atomic E-state index is -0.745. The van der Waals surface area contributed by atoms with Crippen molar-refractivity contribution in [2.75, 3.05) is 13.3 Å². The molecular weight excluding hydrogens is 235 g/mol. The van der Waals surface area contributed by atoms with E-state index in [1.165, 1.54) is 0 Å². The van der Waals surface area contributed by atoms with E-state index in [0.29, 0.717) is 5.75 Å². The molecule has 100 valence electrons. The van der Waals surface area contributed by atoms with Gasteiger partial charge in [-0.25, -0.2) is 4.39 Å². The second-order valence-corrected chi connectivity index (χ2v) is 3.35. The lowest BCUT2D eigenvalue weighted by atomic mass is 10.2. The molecule has 0 aliphatic heterocycles. The highest BCUT2D eigenvalue weighted by atomic mass is 19.1. The van der Waals surface area contributed by atoms with E-state index in [9.17, 15) is 9.18 Å². The SMILES string of the molecule is C/C=C/c1ccc(OCCF)cc1.CCC(=O)O. The monoisotopic (exact) mass is 254 g/mol. The average molecular weight is 254 g/mol. The van der Waals surface area contributed by atoms with E-state index in [1.54, 1.807) is 6.92 Å². The zero-order chi connectivity index (χ0) is 13.8. The Labute approximate surface area is 107 Å². The number of ether oxygens (including phenoxy) is 1. The fraction of sp³-hybridized carbons (Fsp3) is 0.357. The van der Waals surface area contributed by atoms with Gasteiger partial charge in [0.05, 0.1) is 0 Å². The van der Waals surface area contributed by atoms with Crippen LogP contribution >= 0.6 is 0 Å². The molecule has 1 rings (SSSR count). The van der Waals surface area contributed by atoms with E-state index >= 15 is 0 Å². The summed E-state index contributed by atoms with van der Waals surface area (Å²) in [5, 5.41) is 7.72. The van der Waals surface area contributed by atoms with E-state index in [4.69, 9.17) is 9.84 Å². The minimum absolute atomic E-state index is 0.128. The molecule has 0 aliphatic carbocycles. The fourth-order valence-electron chi connectivity index (χ4n) is 1.02. The van der Waals surface area contributed by atoms with Crippen molar-refractivity contribution in [3.63, 3.8) is 0 Å². The van der Waals surface area contributed by atoms with Gasteiger partial charge in [-0.15, -0.1) is 0 Å². The van der Waals surface area contributed by atoms with Crippen LogP contribution in [0.2, 0.25) is 0 Å². The van der Waals surface area contributed by atoms with E-state index < -0.39 is 12.6 Å². The van der Waals surface area contributed by atoms with Crippen LogP contribution in [-0.4, -0.2) is 24.4 Å².